The Morgan fingerprint density at radius 2 is 1.69 bits per heavy atom. The Balaban J connectivity index is 1.28. The molecule has 264 valence electrons. The second-order valence-electron chi connectivity index (χ2n) is 14.6. The fourth-order valence-electron chi connectivity index (χ4n) is 7.93. The van der Waals surface area contributed by atoms with E-state index >= 15 is 0 Å². The number of fused-ring (bicyclic) bond motifs is 1. The normalized spacial score (nSPS) is 26.9. The summed E-state index contributed by atoms with van der Waals surface area (Å²) in [4.78, 5) is 54.4. The number of esters is 1. The lowest BCUT2D eigenvalue weighted by Gasteiger charge is -2.38. The zero-order chi connectivity index (χ0) is 34.6. The van der Waals surface area contributed by atoms with Crippen molar-refractivity contribution in [2.45, 2.75) is 102 Å². The number of amides is 3. The fraction of sp³-hybridized carbons (Fsp3) is 0.667. The van der Waals surface area contributed by atoms with Gasteiger partial charge in [0.1, 0.15) is 23.9 Å². The van der Waals surface area contributed by atoms with Gasteiger partial charge >= 0.3 is 12.1 Å². The Bertz CT molecular complexity index is 1450. The third-order valence-corrected chi connectivity index (χ3v) is 10.4. The Kier molecular flexibility index (Phi) is 11.3. The first-order valence-corrected chi connectivity index (χ1v) is 17.2. The van der Waals surface area contributed by atoms with Crippen LogP contribution < -0.4 is 10.6 Å². The van der Waals surface area contributed by atoms with E-state index in [9.17, 15) is 23.6 Å². The van der Waals surface area contributed by atoms with E-state index in [4.69, 9.17) is 18.6 Å². The maximum Gasteiger partial charge on any atom is 0.407 e. The van der Waals surface area contributed by atoms with Crippen molar-refractivity contribution in [3.8, 4) is 0 Å². The molecule has 2 aliphatic carbocycles. The van der Waals surface area contributed by atoms with Crippen LogP contribution in [0.1, 0.15) is 89.1 Å². The van der Waals surface area contributed by atoms with E-state index in [1.54, 1.807) is 57.0 Å². The third-order valence-electron chi connectivity index (χ3n) is 10.4. The van der Waals surface area contributed by atoms with Crippen LogP contribution in [0.3, 0.4) is 0 Å². The number of alkyl halides is 1. The zero-order valence-electron chi connectivity index (χ0n) is 28.7. The Morgan fingerprint density at radius 1 is 0.979 bits per heavy atom. The van der Waals surface area contributed by atoms with E-state index in [0.717, 1.165) is 32.1 Å². The van der Waals surface area contributed by atoms with E-state index in [-0.39, 0.29) is 41.4 Å². The van der Waals surface area contributed by atoms with E-state index in [1.807, 2.05) is 0 Å². The van der Waals surface area contributed by atoms with Gasteiger partial charge in [-0.05, 0) is 121 Å². The summed E-state index contributed by atoms with van der Waals surface area (Å²) in [5.41, 5.74) is 0.348. The molecule has 3 fully saturated rings. The summed E-state index contributed by atoms with van der Waals surface area (Å²) < 4.78 is 35.3. The molecule has 3 aliphatic rings. The number of anilines is 1. The standard InChI is InChI=1S/C36H50FN3O8/c1-36(2,3)48-35(44)39-28(20-37)22-6-8-23(9-7-22)33(42)40-17-16-27(21-10-13-26(45-4)14-11-21)31(40)32(41)38-25-12-15-29-24(18-25)19-30(47-29)34(43)46-5/h12,15,18-19,21-23,26-28,31H,6-11,13-14,16-17,20H2,1-5H3,(H,38,41)(H,39,44)/t21-,22-,23-,26-,27-,28+,31-/m0/s1. The van der Waals surface area contributed by atoms with Crippen LogP contribution in [0.25, 0.3) is 11.0 Å². The van der Waals surface area contributed by atoms with Crippen molar-refractivity contribution < 1.29 is 42.2 Å². The number of alkyl carbamates (subject to hydrolysis) is 1. The number of hydrogen-bond donors (Lipinski definition) is 2. The molecule has 3 atom stereocenters. The molecule has 0 radical (unpaired) electrons. The molecule has 5 rings (SSSR count). The first-order valence-electron chi connectivity index (χ1n) is 17.2. The molecule has 2 heterocycles. The van der Waals surface area contributed by atoms with Crippen molar-refractivity contribution in [1.82, 2.24) is 10.2 Å². The van der Waals surface area contributed by atoms with Gasteiger partial charge in [-0.1, -0.05) is 0 Å². The van der Waals surface area contributed by atoms with Crippen molar-refractivity contribution >= 4 is 40.5 Å². The monoisotopic (exact) mass is 671 g/mol. The number of nitrogens with zero attached hydrogens (tertiary/aromatic N) is 1. The number of carbonyl (C=O) groups is 4. The van der Waals surface area contributed by atoms with Crippen molar-refractivity contribution in [1.29, 1.82) is 0 Å². The second kappa shape index (κ2) is 15.3. The van der Waals surface area contributed by atoms with Gasteiger partial charge in [0.15, 0.2) is 0 Å². The zero-order valence-corrected chi connectivity index (χ0v) is 28.7. The highest BCUT2D eigenvalue weighted by Gasteiger charge is 2.47. The van der Waals surface area contributed by atoms with Crippen LogP contribution >= 0.6 is 0 Å². The van der Waals surface area contributed by atoms with Gasteiger partial charge < -0.3 is 34.2 Å². The minimum atomic E-state index is -0.710. The summed E-state index contributed by atoms with van der Waals surface area (Å²) in [5, 5.41) is 6.39. The molecule has 3 amide bonds. The summed E-state index contributed by atoms with van der Waals surface area (Å²) in [6, 6.07) is 5.43. The average Bonchev–Trinajstić information content (AvgIpc) is 3.71. The highest BCUT2D eigenvalue weighted by Crippen LogP contribution is 2.42. The molecular weight excluding hydrogens is 621 g/mol. The maximum atomic E-state index is 14.2. The van der Waals surface area contributed by atoms with E-state index < -0.39 is 36.4 Å². The Labute approximate surface area is 281 Å². The maximum absolute atomic E-state index is 14.2. The molecule has 11 nitrogen and oxygen atoms in total. The molecule has 0 bridgehead atoms. The number of benzene rings is 1. The lowest BCUT2D eigenvalue weighted by atomic mass is 9.75. The number of carbonyl (C=O) groups excluding carboxylic acids is 4. The lowest BCUT2D eigenvalue weighted by Crippen LogP contribution is -2.50. The predicted molar refractivity (Wildman–Crippen MR) is 177 cm³/mol. The van der Waals surface area contributed by atoms with Crippen LogP contribution in [-0.4, -0.2) is 80.0 Å². The van der Waals surface area contributed by atoms with Crippen LogP contribution in [0, 0.1) is 23.7 Å². The summed E-state index contributed by atoms with van der Waals surface area (Å²) >= 11 is 0. The van der Waals surface area contributed by atoms with Crippen molar-refractivity contribution in [2.24, 2.45) is 23.7 Å². The van der Waals surface area contributed by atoms with Crippen LogP contribution in [0.5, 0.6) is 0 Å². The molecule has 1 aromatic heterocycles. The number of methoxy groups -OCH3 is 2. The van der Waals surface area contributed by atoms with Gasteiger partial charge in [-0.15, -0.1) is 0 Å². The summed E-state index contributed by atoms with van der Waals surface area (Å²) in [6.07, 6.45) is 6.35. The Hall–Kier alpha value is -3.67. The van der Waals surface area contributed by atoms with Crippen LogP contribution in [0.4, 0.5) is 14.9 Å². The van der Waals surface area contributed by atoms with E-state index in [0.29, 0.717) is 54.8 Å². The molecule has 12 heteroatoms. The number of rotatable bonds is 9. The van der Waals surface area contributed by atoms with Gasteiger partial charge in [-0.3, -0.25) is 9.59 Å². The van der Waals surface area contributed by atoms with Crippen molar-refractivity contribution in [3.63, 3.8) is 0 Å². The topological polar surface area (TPSA) is 136 Å². The smallest absolute Gasteiger partial charge is 0.407 e. The van der Waals surface area contributed by atoms with Crippen LogP contribution in [0.2, 0.25) is 0 Å². The summed E-state index contributed by atoms with van der Waals surface area (Å²) in [6.45, 7) is 5.07. The van der Waals surface area contributed by atoms with Gasteiger partial charge in [-0.2, -0.15) is 0 Å². The van der Waals surface area contributed by atoms with Gasteiger partial charge in [0, 0.05) is 30.6 Å². The number of halogens is 1. The number of furan rings is 1. The van der Waals surface area contributed by atoms with Crippen molar-refractivity contribution in [2.75, 3.05) is 32.8 Å². The van der Waals surface area contributed by atoms with Gasteiger partial charge in [0.2, 0.25) is 17.6 Å². The molecule has 2 N–H and O–H groups in total. The van der Waals surface area contributed by atoms with Crippen molar-refractivity contribution in [3.05, 3.63) is 30.0 Å². The third kappa shape index (κ3) is 8.30. The molecule has 1 aliphatic heterocycles. The van der Waals surface area contributed by atoms with Crippen LogP contribution in [0.15, 0.2) is 28.7 Å². The molecule has 0 spiro atoms. The highest BCUT2D eigenvalue weighted by molar-refractivity contribution is 6.00. The number of likely N-dealkylation sites (tertiary alicyclic amines) is 1. The molecule has 48 heavy (non-hydrogen) atoms. The number of ether oxygens (including phenoxy) is 3. The average molecular weight is 672 g/mol. The minimum absolute atomic E-state index is 0.0145. The SMILES string of the molecule is COC(=O)c1cc2cc(NC(=O)[C@@H]3[C@H]([C@H]4CC[C@H](OC)CC4)CCN3C(=O)[C@H]3CC[C@H]([C@@H](CF)NC(=O)OC(C)(C)C)CC3)ccc2o1. The predicted octanol–water partition coefficient (Wildman–Crippen LogP) is 6.25. The molecule has 2 saturated carbocycles. The molecular formula is C36H50FN3O8. The summed E-state index contributed by atoms with van der Waals surface area (Å²) in [7, 11) is 3.02. The highest BCUT2D eigenvalue weighted by atomic mass is 19.1. The van der Waals surface area contributed by atoms with Crippen LogP contribution in [-0.2, 0) is 23.8 Å². The van der Waals surface area contributed by atoms with Gasteiger partial charge in [0.05, 0.1) is 19.3 Å². The lowest BCUT2D eigenvalue weighted by molar-refractivity contribution is -0.142. The number of nitrogens with one attached hydrogen (secondary N) is 2. The Morgan fingerprint density at radius 3 is 2.31 bits per heavy atom. The van der Waals surface area contributed by atoms with E-state index in [2.05, 4.69) is 10.6 Å². The molecule has 1 aromatic carbocycles. The molecule has 2 aromatic rings. The summed E-state index contributed by atoms with van der Waals surface area (Å²) in [5.74, 6) is -0.856. The van der Waals surface area contributed by atoms with Gasteiger partial charge in [-0.25, -0.2) is 14.0 Å². The number of hydrogen-bond acceptors (Lipinski definition) is 8. The van der Waals surface area contributed by atoms with E-state index in [1.165, 1.54) is 7.11 Å². The first-order chi connectivity index (χ1) is 22.9. The molecule has 0 unspecified atom stereocenters. The minimum Gasteiger partial charge on any atom is -0.463 e. The molecule has 1 saturated heterocycles. The fourth-order valence-corrected chi connectivity index (χ4v) is 7.93. The quantitative estimate of drug-likeness (QED) is 0.299. The largest absolute Gasteiger partial charge is 0.463 e. The first kappa shape index (κ1) is 35.6. The van der Waals surface area contributed by atoms with Gasteiger partial charge in [0.25, 0.3) is 0 Å². The second-order valence-corrected chi connectivity index (χ2v) is 14.6.